The first kappa shape index (κ1) is 55.3. The first-order chi connectivity index (χ1) is 42.4. The number of alkyl halides is 6. The van der Waals surface area contributed by atoms with Crippen LogP contribution in [0, 0.1) is 78.2 Å². The van der Waals surface area contributed by atoms with Gasteiger partial charge in [0.05, 0.1) is 96.0 Å². The van der Waals surface area contributed by atoms with E-state index in [0.717, 1.165) is 6.07 Å². The third-order valence-corrected chi connectivity index (χ3v) is 15.2. The van der Waals surface area contributed by atoms with Gasteiger partial charge in [0, 0.05) is 55.0 Å². The molecule has 0 fully saturated rings. The molecule has 0 amide bonds. The lowest BCUT2D eigenvalue weighted by Gasteiger charge is -2.22. The molecule has 410 valence electrons. The van der Waals surface area contributed by atoms with Crippen LogP contribution in [0.5, 0.6) is 0 Å². The third kappa shape index (κ3) is 9.59. The number of hydrogen-bond donors (Lipinski definition) is 0. The molecule has 2 heterocycles. The van der Waals surface area contributed by atoms with Crippen LogP contribution >= 0.6 is 0 Å². The zero-order valence-electron chi connectivity index (χ0n) is 44.9. The number of benzene rings is 10. The van der Waals surface area contributed by atoms with Gasteiger partial charge in [0.1, 0.15) is 0 Å². The summed E-state index contributed by atoms with van der Waals surface area (Å²) in [6, 6.07) is 51.6. The number of halogens is 6. The molecule has 12 rings (SSSR count). The molecule has 0 aliphatic carbocycles. The fourth-order valence-electron chi connectivity index (χ4n) is 11.3. The minimum absolute atomic E-state index is 0.0112. The summed E-state index contributed by atoms with van der Waals surface area (Å²) in [6.45, 7) is 39.9. The zero-order valence-corrected chi connectivity index (χ0v) is 44.9. The van der Waals surface area contributed by atoms with Crippen molar-refractivity contribution in [3.05, 3.63) is 266 Å². The van der Waals surface area contributed by atoms with Crippen molar-refractivity contribution in [2.75, 3.05) is 0 Å². The second-order valence-corrected chi connectivity index (χ2v) is 20.3. The summed E-state index contributed by atoms with van der Waals surface area (Å²) >= 11 is 0. The molecule has 88 heavy (non-hydrogen) atoms. The van der Waals surface area contributed by atoms with Crippen LogP contribution in [0.1, 0.15) is 33.4 Å². The molecule has 0 aliphatic heterocycles. The van der Waals surface area contributed by atoms with Gasteiger partial charge in [-0.1, -0.05) is 30.3 Å². The van der Waals surface area contributed by atoms with Crippen LogP contribution in [0.3, 0.4) is 0 Å². The second-order valence-electron chi connectivity index (χ2n) is 20.3. The molecular weight excluding hydrogens is 1120 g/mol. The maximum atomic E-state index is 15.8. The van der Waals surface area contributed by atoms with Crippen LogP contribution in [0.4, 0.5) is 54.8 Å². The van der Waals surface area contributed by atoms with Crippen molar-refractivity contribution in [1.82, 2.24) is 9.13 Å². The van der Waals surface area contributed by atoms with Gasteiger partial charge in [-0.2, -0.15) is 47.4 Å². The van der Waals surface area contributed by atoms with Crippen molar-refractivity contribution in [1.29, 1.82) is 21.0 Å². The molecule has 0 atom stereocenters. The largest absolute Gasteiger partial charge is 0.417 e. The van der Waals surface area contributed by atoms with E-state index in [9.17, 15) is 34.2 Å². The Bertz CT molecular complexity index is 5110. The maximum absolute atomic E-state index is 15.8. The molecule has 0 unspecified atom stereocenters. The van der Waals surface area contributed by atoms with Crippen molar-refractivity contribution >= 4 is 72.0 Å². The van der Waals surface area contributed by atoms with Crippen LogP contribution < -0.4 is 0 Å². The fraction of sp³-hybridized carbons (Fsp3) is 0.0282. The van der Waals surface area contributed by atoms with Crippen LogP contribution in [-0.4, -0.2) is 9.13 Å². The number of fused-ring (bicyclic) bond motifs is 6. The highest BCUT2D eigenvalue weighted by Crippen LogP contribution is 2.49. The lowest BCUT2D eigenvalue weighted by molar-refractivity contribution is -0.142. The van der Waals surface area contributed by atoms with Gasteiger partial charge >= 0.3 is 12.4 Å². The minimum Gasteiger partial charge on any atom is -0.319 e. The van der Waals surface area contributed by atoms with Crippen molar-refractivity contribution in [2.45, 2.75) is 12.4 Å². The molecule has 0 saturated heterocycles. The monoisotopic (exact) mass is 1150 g/mol. The summed E-state index contributed by atoms with van der Waals surface area (Å²) in [5, 5.41) is 41.7. The fourth-order valence-corrected chi connectivity index (χ4v) is 11.3. The van der Waals surface area contributed by atoms with E-state index in [0.29, 0.717) is 94.2 Å². The summed E-state index contributed by atoms with van der Waals surface area (Å²) in [5.74, 6) is 0. The lowest BCUT2D eigenvalue weighted by Crippen LogP contribution is -2.13. The van der Waals surface area contributed by atoms with Gasteiger partial charge < -0.3 is 9.13 Å². The highest BCUT2D eigenvalue weighted by molar-refractivity contribution is 6.14. The summed E-state index contributed by atoms with van der Waals surface area (Å²) in [4.78, 5) is 18.2. The average molecular weight is 1150 g/mol. The lowest BCUT2D eigenvalue weighted by atomic mass is 9.94. The van der Waals surface area contributed by atoms with Crippen LogP contribution in [0.25, 0.3) is 135 Å². The van der Waals surface area contributed by atoms with E-state index in [4.69, 9.17) is 32.9 Å². The molecule has 0 spiro atoms. The highest BCUT2D eigenvalue weighted by Gasteiger charge is 2.39. The number of hydrogen-bond acceptors (Lipinski definition) is 4. The van der Waals surface area contributed by atoms with E-state index in [-0.39, 0.29) is 73.7 Å². The van der Waals surface area contributed by atoms with E-state index in [2.05, 4.69) is 48.5 Å². The highest BCUT2D eigenvalue weighted by atomic mass is 19.4. The zero-order chi connectivity index (χ0) is 61.9. The Balaban J connectivity index is 1.21. The Kier molecular flexibility index (Phi) is 13.3. The molecule has 0 bridgehead atoms. The molecule has 0 aliphatic rings. The van der Waals surface area contributed by atoms with Gasteiger partial charge in [0.25, 0.3) is 0 Å². The van der Waals surface area contributed by atoms with Gasteiger partial charge in [-0.15, -0.1) is 0 Å². The molecule has 0 saturated carbocycles. The molecule has 2 aromatic heterocycles. The summed E-state index contributed by atoms with van der Waals surface area (Å²) in [6.07, 6.45) is -10.6. The quantitative estimate of drug-likeness (QED) is 0.116. The van der Waals surface area contributed by atoms with E-state index in [1.165, 1.54) is 36.4 Å². The van der Waals surface area contributed by atoms with E-state index >= 15 is 13.2 Å². The van der Waals surface area contributed by atoms with Gasteiger partial charge in [-0.05, 0) is 196 Å². The first-order valence-corrected chi connectivity index (χ1v) is 26.1. The molecule has 10 aromatic carbocycles. The molecule has 12 aromatic rings. The molecule has 17 heteroatoms. The SMILES string of the molecule is [C-]#[N+]c1cc(C#N)cc(-c2ccc3c(c2)c2cc(-c4cc(C#N)cc([N+]#[C-])c4)ccc2n3-c2cc(-c3ccc(C(F)(F)F)cc3C(F)(F)F)c(-n3c4ccc(-c5cc(C#N)cc([N+]#[C-])c5)cc4c4cc(-c5cc(C#N)cc([N+]#[C-])c5)ccc43)cc2[N+]#[C-])c1. The Morgan fingerprint density at radius 2 is 0.659 bits per heavy atom. The Hall–Kier alpha value is -13.2. The maximum Gasteiger partial charge on any atom is 0.417 e. The van der Waals surface area contributed by atoms with Crippen LogP contribution in [-0.2, 0) is 12.4 Å². The van der Waals surface area contributed by atoms with E-state index in [1.54, 1.807) is 130 Å². The summed E-state index contributed by atoms with van der Waals surface area (Å²) in [7, 11) is 0. The average Bonchev–Trinajstić information content (AvgIpc) is 1.55. The number of aromatic nitrogens is 2. The minimum atomic E-state index is -5.40. The van der Waals surface area contributed by atoms with Crippen molar-refractivity contribution < 1.29 is 26.3 Å². The van der Waals surface area contributed by atoms with Crippen LogP contribution in [0.15, 0.2) is 176 Å². The standard InChI is InChI=1S/C71H29F6N11/c1-82-52-20-39(35-78)16-47(24-52)43-6-12-64-57(28-43)58-29-44(48-17-40(36-79)21-53(25-48)83-2)7-13-65(58)87(64)68-34-63(86-5)69(33-61(68)56-11-10-51(70(72,73)74)32-62(56)71(75,76)77)88-66-14-8-45(49-18-41(37-80)22-54(26-49)84-3)30-59(66)60-31-46(9-15-67(60)88)50-19-42(38-81)23-55(27-50)85-4/h6-34H. The van der Waals surface area contributed by atoms with Gasteiger partial charge in [-0.3, -0.25) is 0 Å². The van der Waals surface area contributed by atoms with Crippen LogP contribution in [0.2, 0.25) is 0 Å². The van der Waals surface area contributed by atoms with Crippen molar-refractivity contribution in [3.63, 3.8) is 0 Å². The second kappa shape index (κ2) is 21.2. The Morgan fingerprint density at radius 1 is 0.318 bits per heavy atom. The predicted octanol–water partition coefficient (Wildman–Crippen LogP) is 20.5. The Labute approximate surface area is 496 Å². The van der Waals surface area contributed by atoms with Gasteiger partial charge in [0.2, 0.25) is 5.69 Å². The number of rotatable bonds is 7. The smallest absolute Gasteiger partial charge is 0.319 e. The van der Waals surface area contributed by atoms with E-state index < -0.39 is 29.0 Å². The first-order valence-electron chi connectivity index (χ1n) is 26.1. The van der Waals surface area contributed by atoms with Gasteiger partial charge in [0.15, 0.2) is 22.7 Å². The van der Waals surface area contributed by atoms with Crippen molar-refractivity contribution in [2.24, 2.45) is 0 Å². The normalized spacial score (nSPS) is 11.2. The van der Waals surface area contributed by atoms with Crippen molar-refractivity contribution in [3.8, 4) is 91.3 Å². The molecule has 0 radical (unpaired) electrons. The number of nitrogens with zero attached hydrogens (tertiary/aromatic N) is 11. The van der Waals surface area contributed by atoms with Gasteiger partial charge in [-0.25, -0.2) is 24.2 Å². The molecule has 0 N–H and O–H groups in total. The summed E-state index contributed by atoms with van der Waals surface area (Å²) < 4.78 is 94.4. The molecule has 11 nitrogen and oxygen atoms in total. The topological polar surface area (TPSA) is 127 Å². The summed E-state index contributed by atoms with van der Waals surface area (Å²) in [5.41, 5.74) is 2.81. The number of nitriles is 4. The predicted molar refractivity (Wildman–Crippen MR) is 322 cm³/mol. The van der Waals surface area contributed by atoms with E-state index in [1.807, 2.05) is 0 Å². The third-order valence-electron chi connectivity index (χ3n) is 15.2. The molecular formula is C71H29F6N11. The Morgan fingerprint density at radius 3 is 0.955 bits per heavy atom.